The van der Waals surface area contributed by atoms with Crippen LogP contribution in [0.25, 0.3) is 0 Å². The van der Waals surface area contributed by atoms with E-state index in [0.717, 1.165) is 18.5 Å². The zero-order valence-electron chi connectivity index (χ0n) is 13.4. The van der Waals surface area contributed by atoms with Crippen LogP contribution in [0, 0.1) is 0 Å². The molecule has 0 bridgehead atoms. The first kappa shape index (κ1) is 16.2. The van der Waals surface area contributed by atoms with Crippen LogP contribution in [0.15, 0.2) is 60.7 Å². The summed E-state index contributed by atoms with van der Waals surface area (Å²) in [5, 5.41) is 3.18. The van der Waals surface area contributed by atoms with Crippen LogP contribution in [-0.2, 0) is 11.2 Å². The van der Waals surface area contributed by atoms with Crippen molar-refractivity contribution in [1.82, 2.24) is 5.32 Å². The highest BCUT2D eigenvalue weighted by atomic mass is 16.1. The van der Waals surface area contributed by atoms with E-state index < -0.39 is 0 Å². The number of benzene rings is 2. The summed E-state index contributed by atoms with van der Waals surface area (Å²) in [6, 6.07) is 20.4. The average Bonchev–Trinajstić information content (AvgIpc) is 2.54. The van der Waals surface area contributed by atoms with E-state index in [1.165, 1.54) is 10.5 Å². The van der Waals surface area contributed by atoms with Crippen LogP contribution in [0.5, 0.6) is 0 Å². The molecule has 2 aromatic carbocycles. The van der Waals surface area contributed by atoms with Gasteiger partial charge in [-0.2, -0.15) is 0 Å². The maximum Gasteiger partial charge on any atom is 0.221 e. The fourth-order valence-electron chi connectivity index (χ4n) is 2.51. The summed E-state index contributed by atoms with van der Waals surface area (Å²) >= 11 is 0. The van der Waals surface area contributed by atoms with Gasteiger partial charge in [-0.1, -0.05) is 60.7 Å². The second kappa shape index (κ2) is 8.35. The van der Waals surface area contributed by atoms with Crippen LogP contribution < -0.4 is 10.2 Å². The van der Waals surface area contributed by atoms with Crippen molar-refractivity contribution < 1.29 is 9.69 Å². The molecule has 3 heteroatoms. The Balaban J connectivity index is 1.93. The fourth-order valence-corrected chi connectivity index (χ4v) is 2.51. The van der Waals surface area contributed by atoms with E-state index in [0.29, 0.717) is 6.42 Å². The molecule has 2 rings (SSSR count). The van der Waals surface area contributed by atoms with Crippen molar-refractivity contribution in [2.75, 3.05) is 20.6 Å². The van der Waals surface area contributed by atoms with Gasteiger partial charge in [0.05, 0.1) is 14.1 Å². The van der Waals surface area contributed by atoms with Gasteiger partial charge in [-0.25, -0.2) is 0 Å². The molecule has 1 atom stereocenters. The minimum absolute atomic E-state index is 0.0643. The summed E-state index contributed by atoms with van der Waals surface area (Å²) in [4.78, 5) is 13.6. The molecule has 116 valence electrons. The van der Waals surface area contributed by atoms with Crippen molar-refractivity contribution in [2.45, 2.75) is 18.9 Å². The quantitative estimate of drug-likeness (QED) is 0.800. The molecule has 22 heavy (non-hydrogen) atoms. The highest BCUT2D eigenvalue weighted by Gasteiger charge is 2.17. The van der Waals surface area contributed by atoms with Gasteiger partial charge in [0, 0.05) is 6.42 Å². The number of hydrogen-bond acceptors (Lipinski definition) is 1. The Kier molecular flexibility index (Phi) is 6.16. The predicted molar refractivity (Wildman–Crippen MR) is 89.8 cm³/mol. The Hall–Kier alpha value is -2.13. The first-order chi connectivity index (χ1) is 10.6. The van der Waals surface area contributed by atoms with Crippen molar-refractivity contribution in [3.63, 3.8) is 0 Å². The summed E-state index contributed by atoms with van der Waals surface area (Å²) < 4.78 is 0. The summed E-state index contributed by atoms with van der Waals surface area (Å²) in [5.74, 6) is 0.110. The van der Waals surface area contributed by atoms with Crippen LogP contribution in [0.2, 0.25) is 0 Å². The standard InChI is InChI=1S/C19H24N2O/c1-21(2)15-18(17-11-7-4-8-12-17)20-19(22)14-13-16-9-5-3-6-10-16/h3-12,18H,13-15H2,1-2H3,(H,20,22)/p+1/t18-/m1/s1. The molecule has 0 heterocycles. The maximum atomic E-state index is 12.3. The zero-order chi connectivity index (χ0) is 15.8. The fraction of sp³-hybridized carbons (Fsp3) is 0.316. The molecule has 0 aliphatic heterocycles. The van der Waals surface area contributed by atoms with Gasteiger partial charge in [-0.15, -0.1) is 0 Å². The first-order valence-corrected chi connectivity index (χ1v) is 7.82. The van der Waals surface area contributed by atoms with Crippen LogP contribution >= 0.6 is 0 Å². The highest BCUT2D eigenvalue weighted by Crippen LogP contribution is 2.11. The Morgan fingerprint density at radius 1 is 1.00 bits per heavy atom. The monoisotopic (exact) mass is 297 g/mol. The van der Waals surface area contributed by atoms with Gasteiger partial charge in [0.1, 0.15) is 12.6 Å². The molecule has 3 nitrogen and oxygen atoms in total. The number of carbonyl (C=O) groups excluding carboxylic acids is 1. The number of rotatable bonds is 7. The van der Waals surface area contributed by atoms with Crippen LogP contribution in [0.1, 0.15) is 23.6 Å². The lowest BCUT2D eigenvalue weighted by Gasteiger charge is -2.21. The number of quaternary nitrogens is 1. The normalized spacial score (nSPS) is 12.1. The van der Waals surface area contributed by atoms with Crippen LogP contribution in [-0.4, -0.2) is 26.5 Å². The molecule has 2 aromatic rings. The Morgan fingerprint density at radius 2 is 1.59 bits per heavy atom. The molecule has 0 aromatic heterocycles. The van der Waals surface area contributed by atoms with E-state index in [1.807, 2.05) is 36.4 Å². The lowest BCUT2D eigenvalue weighted by Crippen LogP contribution is -3.06. The largest absolute Gasteiger partial charge is 0.344 e. The minimum atomic E-state index is 0.0643. The molecule has 0 aliphatic rings. The second-order valence-electron chi connectivity index (χ2n) is 5.93. The number of hydrogen-bond donors (Lipinski definition) is 2. The van der Waals surface area contributed by atoms with Crippen LogP contribution in [0.4, 0.5) is 0 Å². The number of amides is 1. The molecular weight excluding hydrogens is 272 g/mol. The molecule has 0 saturated heterocycles. The van der Waals surface area contributed by atoms with Gasteiger partial charge in [0.2, 0.25) is 5.91 Å². The van der Waals surface area contributed by atoms with E-state index in [9.17, 15) is 4.79 Å². The highest BCUT2D eigenvalue weighted by molar-refractivity contribution is 5.76. The van der Waals surface area contributed by atoms with Crippen molar-refractivity contribution in [3.05, 3.63) is 71.8 Å². The van der Waals surface area contributed by atoms with Gasteiger partial charge < -0.3 is 10.2 Å². The average molecular weight is 297 g/mol. The third kappa shape index (κ3) is 5.34. The summed E-state index contributed by atoms with van der Waals surface area (Å²) in [6.07, 6.45) is 1.30. The lowest BCUT2D eigenvalue weighted by molar-refractivity contribution is -0.860. The maximum absolute atomic E-state index is 12.3. The topological polar surface area (TPSA) is 33.5 Å². The van der Waals surface area contributed by atoms with Gasteiger partial charge >= 0.3 is 0 Å². The minimum Gasteiger partial charge on any atom is -0.344 e. The smallest absolute Gasteiger partial charge is 0.221 e. The summed E-state index contributed by atoms with van der Waals surface area (Å²) in [6.45, 7) is 0.876. The molecule has 1 amide bonds. The van der Waals surface area contributed by atoms with Gasteiger partial charge in [0.25, 0.3) is 0 Å². The molecule has 0 aliphatic carbocycles. The molecular formula is C19H25N2O+. The zero-order valence-corrected chi connectivity index (χ0v) is 13.4. The number of nitrogens with one attached hydrogen (secondary N) is 2. The van der Waals surface area contributed by atoms with Crippen molar-refractivity contribution in [3.8, 4) is 0 Å². The van der Waals surface area contributed by atoms with Crippen LogP contribution in [0.3, 0.4) is 0 Å². The molecule has 0 unspecified atom stereocenters. The summed E-state index contributed by atoms with van der Waals surface area (Å²) in [5.41, 5.74) is 2.36. The first-order valence-electron chi connectivity index (χ1n) is 7.82. The van der Waals surface area contributed by atoms with E-state index in [2.05, 4.69) is 43.7 Å². The SMILES string of the molecule is C[NH+](C)C[C@@H](NC(=O)CCc1ccccc1)c1ccccc1. The van der Waals surface area contributed by atoms with E-state index >= 15 is 0 Å². The lowest BCUT2D eigenvalue weighted by atomic mass is 10.1. The van der Waals surface area contributed by atoms with Gasteiger partial charge in [-0.05, 0) is 17.5 Å². The Morgan fingerprint density at radius 3 is 2.18 bits per heavy atom. The second-order valence-corrected chi connectivity index (χ2v) is 5.93. The van der Waals surface area contributed by atoms with Gasteiger partial charge in [-0.3, -0.25) is 4.79 Å². The van der Waals surface area contributed by atoms with E-state index in [4.69, 9.17) is 0 Å². The van der Waals surface area contributed by atoms with E-state index in [1.54, 1.807) is 0 Å². The van der Waals surface area contributed by atoms with Crippen molar-refractivity contribution >= 4 is 5.91 Å². The Labute approximate surface area is 133 Å². The molecule has 2 N–H and O–H groups in total. The predicted octanol–water partition coefficient (Wildman–Crippen LogP) is 1.62. The Bertz CT molecular complexity index is 567. The molecule has 0 spiro atoms. The third-order valence-corrected chi connectivity index (χ3v) is 3.63. The van der Waals surface area contributed by atoms with E-state index in [-0.39, 0.29) is 11.9 Å². The number of likely N-dealkylation sites (N-methyl/N-ethyl adjacent to an activating group) is 1. The molecule has 0 radical (unpaired) electrons. The van der Waals surface area contributed by atoms with Crippen molar-refractivity contribution in [1.29, 1.82) is 0 Å². The summed E-state index contributed by atoms with van der Waals surface area (Å²) in [7, 11) is 4.21. The van der Waals surface area contributed by atoms with Crippen molar-refractivity contribution in [2.24, 2.45) is 0 Å². The van der Waals surface area contributed by atoms with Gasteiger partial charge in [0.15, 0.2) is 0 Å². The molecule has 0 saturated carbocycles. The number of carbonyl (C=O) groups is 1. The molecule has 0 fully saturated rings. The number of aryl methyl sites for hydroxylation is 1. The third-order valence-electron chi connectivity index (χ3n) is 3.63.